The van der Waals surface area contributed by atoms with Gasteiger partial charge in [0, 0.05) is 20.1 Å². The summed E-state index contributed by atoms with van der Waals surface area (Å²) in [5, 5.41) is 17.1. The van der Waals surface area contributed by atoms with Crippen molar-refractivity contribution in [2.24, 2.45) is 13.0 Å². The molecule has 0 saturated carbocycles. The average Bonchev–Trinajstić information content (AvgIpc) is 3.07. The highest BCUT2D eigenvalue weighted by atomic mass is 19.4. The Morgan fingerprint density at radius 2 is 2.13 bits per heavy atom. The van der Waals surface area contributed by atoms with Crippen molar-refractivity contribution < 1.29 is 27.8 Å². The van der Waals surface area contributed by atoms with Crippen molar-refractivity contribution in [1.29, 1.82) is 0 Å². The molecule has 1 aliphatic heterocycles. The van der Waals surface area contributed by atoms with Gasteiger partial charge in [0.1, 0.15) is 5.69 Å². The highest BCUT2D eigenvalue weighted by molar-refractivity contribution is 5.70. The molecule has 2 aromatic rings. The zero-order valence-electron chi connectivity index (χ0n) is 16.8. The molecule has 1 saturated heterocycles. The summed E-state index contributed by atoms with van der Waals surface area (Å²) < 4.78 is 47.8. The summed E-state index contributed by atoms with van der Waals surface area (Å²) in [6, 6.07) is 2.82. The van der Waals surface area contributed by atoms with Crippen LogP contribution in [0.4, 0.5) is 18.9 Å². The molecule has 0 spiro atoms. The van der Waals surface area contributed by atoms with Gasteiger partial charge in [0.15, 0.2) is 5.69 Å². The van der Waals surface area contributed by atoms with Crippen molar-refractivity contribution >= 4 is 11.7 Å². The van der Waals surface area contributed by atoms with Crippen molar-refractivity contribution in [1.82, 2.24) is 20.0 Å². The van der Waals surface area contributed by atoms with Gasteiger partial charge in [-0.25, -0.2) is 9.67 Å². The van der Waals surface area contributed by atoms with Gasteiger partial charge in [0.05, 0.1) is 36.7 Å². The number of pyridine rings is 1. The Balaban J connectivity index is 1.92. The van der Waals surface area contributed by atoms with Crippen LogP contribution in [-0.4, -0.2) is 50.8 Å². The number of alkyl halides is 3. The first kappa shape index (κ1) is 22.0. The van der Waals surface area contributed by atoms with Crippen LogP contribution in [0.5, 0.6) is 0 Å². The Hall–Kier alpha value is -2.69. The molecule has 1 atom stereocenters. The van der Waals surface area contributed by atoms with E-state index in [-0.39, 0.29) is 47.7 Å². The van der Waals surface area contributed by atoms with Crippen LogP contribution >= 0.6 is 0 Å². The van der Waals surface area contributed by atoms with Crippen LogP contribution in [0, 0.1) is 5.92 Å². The highest BCUT2D eigenvalue weighted by Crippen LogP contribution is 2.38. The Morgan fingerprint density at radius 3 is 2.80 bits per heavy atom. The molecule has 3 rings (SSSR count). The molecule has 0 radical (unpaired) electrons. The van der Waals surface area contributed by atoms with Gasteiger partial charge in [-0.15, -0.1) is 5.10 Å². The number of hydrogen-bond acceptors (Lipinski definition) is 7. The van der Waals surface area contributed by atoms with Crippen molar-refractivity contribution in [2.75, 3.05) is 24.6 Å². The quantitative estimate of drug-likeness (QED) is 0.708. The second-order valence-electron chi connectivity index (χ2n) is 7.19. The van der Waals surface area contributed by atoms with Crippen LogP contribution in [0.15, 0.2) is 12.1 Å². The fourth-order valence-electron chi connectivity index (χ4n) is 3.71. The molecule has 2 aromatic heterocycles. The normalized spacial score (nSPS) is 17.3. The van der Waals surface area contributed by atoms with E-state index < -0.39 is 18.5 Å². The van der Waals surface area contributed by atoms with Crippen LogP contribution in [0.1, 0.15) is 37.6 Å². The zero-order valence-corrected chi connectivity index (χ0v) is 16.8. The van der Waals surface area contributed by atoms with Crippen LogP contribution in [0.25, 0.3) is 11.4 Å². The zero-order chi connectivity index (χ0) is 21.9. The maximum absolute atomic E-state index is 13.8. The first-order chi connectivity index (χ1) is 14.2. The summed E-state index contributed by atoms with van der Waals surface area (Å²) in [6.45, 7) is 2.32. The largest absolute Gasteiger partial charge is 0.466 e. The summed E-state index contributed by atoms with van der Waals surface area (Å²) in [5.41, 5.74) is -0.685. The second-order valence-corrected chi connectivity index (χ2v) is 7.19. The van der Waals surface area contributed by atoms with Crippen LogP contribution in [0.2, 0.25) is 0 Å². The van der Waals surface area contributed by atoms with E-state index in [9.17, 15) is 23.1 Å². The molecular formula is C19H24F3N5O3. The molecular weight excluding hydrogens is 403 g/mol. The lowest BCUT2D eigenvalue weighted by Gasteiger charge is -2.35. The van der Waals surface area contributed by atoms with Crippen LogP contribution < -0.4 is 4.90 Å². The number of esters is 1. The molecule has 30 heavy (non-hydrogen) atoms. The number of rotatable bonds is 6. The smallest absolute Gasteiger partial charge is 0.435 e. The number of anilines is 1. The number of aliphatic hydroxyl groups is 1. The monoisotopic (exact) mass is 427 g/mol. The highest BCUT2D eigenvalue weighted by Gasteiger charge is 2.38. The standard InChI is InChI=1S/C19H24F3N5O3/c1-3-30-16(29)9-12-5-4-8-27(10-12)14-7-6-13(23-18(14)19(20,21)22)17-15(11-28)26(2)25-24-17/h6-7,12,28H,3-5,8-11H2,1-2H3. The van der Waals surface area contributed by atoms with E-state index in [0.29, 0.717) is 19.5 Å². The number of aliphatic hydroxyl groups excluding tert-OH is 1. The van der Waals surface area contributed by atoms with E-state index in [0.717, 1.165) is 6.42 Å². The van der Waals surface area contributed by atoms with Gasteiger partial charge >= 0.3 is 12.1 Å². The van der Waals surface area contributed by atoms with Gasteiger partial charge < -0.3 is 14.7 Å². The molecule has 164 valence electrons. The van der Waals surface area contributed by atoms with Crippen molar-refractivity contribution in [3.63, 3.8) is 0 Å². The summed E-state index contributed by atoms with van der Waals surface area (Å²) in [5.74, 6) is -0.424. The van der Waals surface area contributed by atoms with Gasteiger partial charge in [0.25, 0.3) is 0 Å². The number of ether oxygens (including phenoxy) is 1. The number of nitrogens with zero attached hydrogens (tertiary/aromatic N) is 5. The molecule has 0 aromatic carbocycles. The lowest BCUT2D eigenvalue weighted by molar-refractivity contribution is -0.144. The van der Waals surface area contributed by atoms with E-state index in [2.05, 4.69) is 15.3 Å². The van der Waals surface area contributed by atoms with Crippen molar-refractivity contribution in [2.45, 2.75) is 39.0 Å². The van der Waals surface area contributed by atoms with E-state index in [1.165, 1.54) is 16.8 Å². The molecule has 3 heterocycles. The number of piperidine rings is 1. The summed E-state index contributed by atoms with van der Waals surface area (Å²) in [4.78, 5) is 17.2. The van der Waals surface area contributed by atoms with Gasteiger partial charge in [0.2, 0.25) is 0 Å². The molecule has 0 amide bonds. The summed E-state index contributed by atoms with van der Waals surface area (Å²) in [6.07, 6.45) is -3.08. The van der Waals surface area contributed by atoms with Gasteiger partial charge in [-0.2, -0.15) is 13.2 Å². The van der Waals surface area contributed by atoms with Crippen molar-refractivity contribution in [3.05, 3.63) is 23.5 Å². The van der Waals surface area contributed by atoms with E-state index in [1.54, 1.807) is 18.9 Å². The lowest BCUT2D eigenvalue weighted by Crippen LogP contribution is -2.37. The van der Waals surface area contributed by atoms with E-state index in [4.69, 9.17) is 4.74 Å². The van der Waals surface area contributed by atoms with Gasteiger partial charge in [-0.05, 0) is 37.8 Å². The van der Waals surface area contributed by atoms with E-state index >= 15 is 0 Å². The fraction of sp³-hybridized carbons (Fsp3) is 0.579. The topological polar surface area (TPSA) is 93.4 Å². The van der Waals surface area contributed by atoms with Crippen molar-refractivity contribution in [3.8, 4) is 11.4 Å². The number of hydrogen-bond donors (Lipinski definition) is 1. The maximum atomic E-state index is 13.8. The first-order valence-electron chi connectivity index (χ1n) is 9.73. The second kappa shape index (κ2) is 8.99. The minimum absolute atomic E-state index is 0.0108. The number of carbonyl (C=O) groups is 1. The SMILES string of the molecule is CCOC(=O)CC1CCCN(c2ccc(-c3nnn(C)c3CO)nc2C(F)(F)F)C1. The molecule has 1 unspecified atom stereocenters. The lowest BCUT2D eigenvalue weighted by atomic mass is 9.94. The average molecular weight is 427 g/mol. The number of halogens is 3. The Labute approximate surface area is 171 Å². The third-order valence-electron chi connectivity index (χ3n) is 5.10. The Bertz CT molecular complexity index is 900. The summed E-state index contributed by atoms with van der Waals surface area (Å²) >= 11 is 0. The third-order valence-corrected chi connectivity index (χ3v) is 5.10. The van der Waals surface area contributed by atoms with Crippen LogP contribution in [0.3, 0.4) is 0 Å². The number of carbonyl (C=O) groups excluding carboxylic acids is 1. The summed E-state index contributed by atoms with van der Waals surface area (Å²) in [7, 11) is 1.54. The number of aryl methyl sites for hydroxylation is 1. The molecule has 0 aliphatic carbocycles. The molecule has 0 bridgehead atoms. The predicted molar refractivity (Wildman–Crippen MR) is 101 cm³/mol. The Morgan fingerprint density at radius 1 is 1.37 bits per heavy atom. The third kappa shape index (κ3) is 4.72. The Kier molecular flexibility index (Phi) is 6.59. The maximum Gasteiger partial charge on any atom is 0.435 e. The minimum atomic E-state index is -4.68. The van der Waals surface area contributed by atoms with Crippen LogP contribution in [-0.2, 0) is 29.4 Å². The predicted octanol–water partition coefficient (Wildman–Crippen LogP) is 2.56. The molecule has 8 nitrogen and oxygen atoms in total. The molecule has 1 aliphatic rings. The fourth-order valence-corrected chi connectivity index (χ4v) is 3.71. The van der Waals surface area contributed by atoms with E-state index in [1.807, 2.05) is 0 Å². The molecule has 11 heteroatoms. The number of aromatic nitrogens is 4. The first-order valence-corrected chi connectivity index (χ1v) is 9.73. The van der Waals surface area contributed by atoms with Gasteiger partial charge in [-0.1, -0.05) is 5.21 Å². The minimum Gasteiger partial charge on any atom is -0.466 e. The molecule has 1 fully saturated rings. The molecule has 1 N–H and O–H groups in total. The van der Waals surface area contributed by atoms with Gasteiger partial charge in [-0.3, -0.25) is 4.79 Å².